The lowest BCUT2D eigenvalue weighted by Crippen LogP contribution is -2.21. The van der Waals surface area contributed by atoms with Gasteiger partial charge in [0.25, 0.3) is 5.56 Å². The molecular formula is C15H12ClN3OS. The molecule has 0 N–H and O–H groups in total. The maximum atomic E-state index is 11.8. The molecule has 0 spiro atoms. The standard InChI is InChI=1S/C15H12ClN3OS/c16-8-12-10-21-15(18-12)13-5-2-1-4-11(13)9-19-14(20)6-3-7-17-19/h1-7,10H,8-9H2. The van der Waals surface area contributed by atoms with Gasteiger partial charge in [-0.2, -0.15) is 5.10 Å². The number of benzene rings is 1. The van der Waals surface area contributed by atoms with E-state index >= 15 is 0 Å². The topological polar surface area (TPSA) is 47.8 Å². The fraction of sp³-hybridized carbons (Fsp3) is 0.133. The van der Waals surface area contributed by atoms with E-state index in [9.17, 15) is 4.79 Å². The third-order valence-electron chi connectivity index (χ3n) is 3.04. The highest BCUT2D eigenvalue weighted by Crippen LogP contribution is 2.27. The summed E-state index contributed by atoms with van der Waals surface area (Å²) in [5.41, 5.74) is 2.76. The number of hydrogen-bond donors (Lipinski definition) is 0. The van der Waals surface area contributed by atoms with Crippen molar-refractivity contribution in [1.82, 2.24) is 14.8 Å². The average Bonchev–Trinajstić information content (AvgIpc) is 2.99. The van der Waals surface area contributed by atoms with Crippen LogP contribution in [0.4, 0.5) is 0 Å². The molecule has 0 radical (unpaired) electrons. The van der Waals surface area contributed by atoms with Crippen LogP contribution in [0.25, 0.3) is 10.6 Å². The second-order valence-corrected chi connectivity index (χ2v) is 5.58. The van der Waals surface area contributed by atoms with E-state index in [1.165, 1.54) is 10.7 Å². The average molecular weight is 318 g/mol. The highest BCUT2D eigenvalue weighted by atomic mass is 35.5. The summed E-state index contributed by atoms with van der Waals surface area (Å²) < 4.78 is 1.44. The van der Waals surface area contributed by atoms with Crippen molar-refractivity contribution in [2.45, 2.75) is 12.4 Å². The van der Waals surface area contributed by atoms with Crippen LogP contribution in [0, 0.1) is 0 Å². The van der Waals surface area contributed by atoms with Crippen molar-refractivity contribution in [3.8, 4) is 10.6 Å². The fourth-order valence-corrected chi connectivity index (χ4v) is 3.13. The molecular weight excluding hydrogens is 306 g/mol. The number of nitrogens with zero attached hydrogens (tertiary/aromatic N) is 3. The van der Waals surface area contributed by atoms with Gasteiger partial charge in [0, 0.05) is 23.2 Å². The number of rotatable bonds is 4. The molecule has 0 amide bonds. The molecule has 2 heterocycles. The molecule has 6 heteroatoms. The highest BCUT2D eigenvalue weighted by molar-refractivity contribution is 7.13. The van der Waals surface area contributed by atoms with Crippen LogP contribution in [-0.4, -0.2) is 14.8 Å². The molecule has 0 unspecified atom stereocenters. The third kappa shape index (κ3) is 3.04. The Morgan fingerprint density at radius 2 is 2.05 bits per heavy atom. The van der Waals surface area contributed by atoms with Crippen LogP contribution in [0.2, 0.25) is 0 Å². The molecule has 0 aliphatic carbocycles. The molecule has 106 valence electrons. The quantitative estimate of drug-likeness (QED) is 0.694. The molecule has 0 aliphatic rings. The van der Waals surface area contributed by atoms with Gasteiger partial charge in [-0.05, 0) is 11.6 Å². The number of thiazole rings is 1. The van der Waals surface area contributed by atoms with Gasteiger partial charge < -0.3 is 0 Å². The van der Waals surface area contributed by atoms with E-state index < -0.39 is 0 Å². The lowest BCUT2D eigenvalue weighted by molar-refractivity contribution is 0.639. The fourth-order valence-electron chi connectivity index (χ4n) is 2.03. The maximum absolute atomic E-state index is 11.8. The highest BCUT2D eigenvalue weighted by Gasteiger charge is 2.10. The number of hydrogen-bond acceptors (Lipinski definition) is 4. The smallest absolute Gasteiger partial charge is 0.267 e. The molecule has 0 atom stereocenters. The van der Waals surface area contributed by atoms with Gasteiger partial charge in [-0.15, -0.1) is 22.9 Å². The second kappa shape index (κ2) is 6.20. The van der Waals surface area contributed by atoms with Crippen molar-refractivity contribution in [3.63, 3.8) is 0 Å². The molecule has 2 aromatic heterocycles. The monoisotopic (exact) mass is 317 g/mol. The first-order valence-electron chi connectivity index (χ1n) is 6.38. The van der Waals surface area contributed by atoms with Gasteiger partial charge in [-0.3, -0.25) is 4.79 Å². The maximum Gasteiger partial charge on any atom is 0.267 e. The van der Waals surface area contributed by atoms with Crippen LogP contribution in [0.1, 0.15) is 11.3 Å². The summed E-state index contributed by atoms with van der Waals surface area (Å²) in [4.78, 5) is 16.3. The molecule has 21 heavy (non-hydrogen) atoms. The molecule has 3 rings (SSSR count). The zero-order valence-corrected chi connectivity index (χ0v) is 12.6. The number of halogens is 1. The lowest BCUT2D eigenvalue weighted by Gasteiger charge is -2.08. The normalized spacial score (nSPS) is 10.7. The van der Waals surface area contributed by atoms with E-state index in [2.05, 4.69) is 10.1 Å². The van der Waals surface area contributed by atoms with Crippen molar-refractivity contribution in [2.75, 3.05) is 0 Å². The van der Waals surface area contributed by atoms with Crippen molar-refractivity contribution < 1.29 is 0 Å². The van der Waals surface area contributed by atoms with E-state index in [1.807, 2.05) is 29.6 Å². The van der Waals surface area contributed by atoms with Crippen LogP contribution in [-0.2, 0) is 12.4 Å². The minimum absolute atomic E-state index is 0.118. The Morgan fingerprint density at radius 3 is 2.81 bits per heavy atom. The predicted molar refractivity (Wildman–Crippen MR) is 84.7 cm³/mol. The van der Waals surface area contributed by atoms with Crippen molar-refractivity contribution in [1.29, 1.82) is 0 Å². The van der Waals surface area contributed by atoms with E-state index in [-0.39, 0.29) is 5.56 Å². The molecule has 1 aromatic carbocycles. The van der Waals surface area contributed by atoms with Gasteiger partial charge in [-0.25, -0.2) is 9.67 Å². The van der Waals surface area contributed by atoms with Crippen LogP contribution in [0.3, 0.4) is 0 Å². The van der Waals surface area contributed by atoms with Crippen molar-refractivity contribution >= 4 is 22.9 Å². The van der Waals surface area contributed by atoms with Crippen molar-refractivity contribution in [3.05, 3.63) is 69.6 Å². The summed E-state index contributed by atoms with van der Waals surface area (Å²) in [5.74, 6) is 0.401. The SMILES string of the molecule is O=c1cccnn1Cc1ccccc1-c1nc(CCl)cs1. The summed E-state index contributed by atoms with van der Waals surface area (Å²) in [6, 6.07) is 11.0. The number of aromatic nitrogens is 3. The lowest BCUT2D eigenvalue weighted by atomic mass is 10.1. The van der Waals surface area contributed by atoms with E-state index in [4.69, 9.17) is 11.6 Å². The Hall–Kier alpha value is -1.98. The Morgan fingerprint density at radius 1 is 1.19 bits per heavy atom. The van der Waals surface area contributed by atoms with Crippen LogP contribution in [0.5, 0.6) is 0 Å². The van der Waals surface area contributed by atoms with Gasteiger partial charge in [0.2, 0.25) is 0 Å². The Kier molecular flexibility index (Phi) is 4.13. The zero-order chi connectivity index (χ0) is 14.7. The van der Waals surface area contributed by atoms with Gasteiger partial charge in [0.05, 0.1) is 18.1 Å². The van der Waals surface area contributed by atoms with E-state index in [1.54, 1.807) is 23.6 Å². The summed E-state index contributed by atoms with van der Waals surface area (Å²) in [6.45, 7) is 0.422. The minimum atomic E-state index is -0.118. The molecule has 4 nitrogen and oxygen atoms in total. The van der Waals surface area contributed by atoms with Gasteiger partial charge >= 0.3 is 0 Å². The molecule has 0 saturated heterocycles. The Bertz CT molecular complexity index is 812. The van der Waals surface area contributed by atoms with E-state index in [0.29, 0.717) is 12.4 Å². The minimum Gasteiger partial charge on any atom is -0.268 e. The first kappa shape index (κ1) is 14.0. The second-order valence-electron chi connectivity index (χ2n) is 4.45. The summed E-state index contributed by atoms with van der Waals surface area (Å²) in [5, 5.41) is 6.95. The van der Waals surface area contributed by atoms with Crippen molar-refractivity contribution in [2.24, 2.45) is 0 Å². The molecule has 0 fully saturated rings. The first-order valence-corrected chi connectivity index (χ1v) is 7.80. The first-order chi connectivity index (χ1) is 10.3. The van der Waals surface area contributed by atoms with Crippen LogP contribution < -0.4 is 5.56 Å². The predicted octanol–water partition coefficient (Wildman–Crippen LogP) is 3.15. The molecule has 0 saturated carbocycles. The molecule has 0 aliphatic heterocycles. The summed E-state index contributed by atoms with van der Waals surface area (Å²) in [6.07, 6.45) is 1.61. The largest absolute Gasteiger partial charge is 0.268 e. The Balaban J connectivity index is 2.00. The number of alkyl halides is 1. The van der Waals surface area contributed by atoms with Crippen LogP contribution in [0.15, 0.2) is 52.8 Å². The molecule has 3 aromatic rings. The van der Waals surface area contributed by atoms with Gasteiger partial charge in [0.15, 0.2) is 0 Å². The van der Waals surface area contributed by atoms with Gasteiger partial charge in [-0.1, -0.05) is 24.3 Å². The van der Waals surface area contributed by atoms with Crippen LogP contribution >= 0.6 is 22.9 Å². The Labute approximate surface area is 130 Å². The van der Waals surface area contributed by atoms with Gasteiger partial charge in [0.1, 0.15) is 5.01 Å². The zero-order valence-electron chi connectivity index (χ0n) is 11.1. The summed E-state index contributed by atoms with van der Waals surface area (Å²) >= 11 is 7.36. The molecule has 0 bridgehead atoms. The summed E-state index contributed by atoms with van der Waals surface area (Å²) in [7, 11) is 0. The van der Waals surface area contributed by atoms with E-state index in [0.717, 1.165) is 21.8 Å². The third-order valence-corrected chi connectivity index (χ3v) is 4.24.